The van der Waals surface area contributed by atoms with Crippen LogP contribution in [-0.4, -0.2) is 18.0 Å². The van der Waals surface area contributed by atoms with Crippen LogP contribution in [0.1, 0.15) is 25.3 Å². The Bertz CT molecular complexity index is 2360. The van der Waals surface area contributed by atoms with Crippen LogP contribution < -0.4 is 5.19 Å². The Morgan fingerprint density at radius 2 is 1.37 bits per heavy atom. The van der Waals surface area contributed by atoms with E-state index in [2.05, 4.69) is 153 Å². The van der Waals surface area contributed by atoms with Crippen molar-refractivity contribution in [2.24, 2.45) is 0 Å². The van der Waals surface area contributed by atoms with Crippen molar-refractivity contribution in [3.05, 3.63) is 164 Å². The third-order valence-electron chi connectivity index (χ3n) is 9.03. The Morgan fingerprint density at radius 3 is 2.02 bits per heavy atom. The quantitative estimate of drug-likeness (QED) is 0.124. The minimum atomic E-state index is -1.23. The number of fused-ring (bicyclic) bond motifs is 3. The number of aromatic nitrogens is 2. The summed E-state index contributed by atoms with van der Waals surface area (Å²) in [6.07, 6.45) is 3.89. The van der Waals surface area contributed by atoms with Crippen LogP contribution in [0.25, 0.3) is 66.7 Å². The Hall–Kier alpha value is -4.93. The summed E-state index contributed by atoms with van der Waals surface area (Å²) in [5.74, 6) is 0.446. The molecule has 0 N–H and O–H groups in total. The summed E-state index contributed by atoms with van der Waals surface area (Å²) in [6, 6.07) is 52.8. The van der Waals surface area contributed by atoms with Crippen molar-refractivity contribution in [1.82, 2.24) is 9.97 Å². The largest absolute Gasteiger partial charge is 0.476 e. The van der Waals surface area contributed by atoms with Gasteiger partial charge in [0, 0.05) is 32.5 Å². The van der Waals surface area contributed by atoms with Crippen LogP contribution in [-0.2, 0) is 20.1 Å². The number of rotatable bonds is 6. The minimum Gasteiger partial charge on any atom is -0.476 e. The SMILES string of the molecule is CC(C)c1ccnc(-c2[c-]c3oc4cc(-c5ccccc5)cc(-c5ccccc5)c4c3cc2)c1.C[Si](C)(C)c1ccc(-c2[c-]cccc2)nc1.[Ir]. The van der Waals surface area contributed by atoms with Gasteiger partial charge in [-0.25, -0.2) is 0 Å². The summed E-state index contributed by atoms with van der Waals surface area (Å²) in [4.78, 5) is 9.12. The maximum atomic E-state index is 6.43. The minimum absolute atomic E-state index is 0. The van der Waals surface area contributed by atoms with Crippen LogP contribution in [0.2, 0.25) is 19.6 Å². The molecule has 0 fully saturated rings. The van der Waals surface area contributed by atoms with Crippen LogP contribution in [0.5, 0.6) is 0 Å². The Labute approximate surface area is 315 Å². The molecule has 51 heavy (non-hydrogen) atoms. The third-order valence-corrected chi connectivity index (χ3v) is 11.1. The molecule has 0 unspecified atom stereocenters. The predicted octanol–water partition coefficient (Wildman–Crippen LogP) is 12.0. The molecule has 255 valence electrons. The monoisotopic (exact) mass is 857 g/mol. The smallest absolute Gasteiger partial charge is 0.124 e. The molecule has 0 atom stereocenters. The normalized spacial score (nSPS) is 11.3. The van der Waals surface area contributed by atoms with Crippen LogP contribution in [0.3, 0.4) is 0 Å². The summed E-state index contributed by atoms with van der Waals surface area (Å²) in [7, 11) is -1.23. The molecule has 3 nitrogen and oxygen atoms in total. The van der Waals surface area contributed by atoms with Gasteiger partial charge in [0.1, 0.15) is 5.58 Å². The average molecular weight is 857 g/mol. The van der Waals surface area contributed by atoms with Crippen LogP contribution >= 0.6 is 0 Å². The number of benzene rings is 5. The van der Waals surface area contributed by atoms with Crippen molar-refractivity contribution in [3.8, 4) is 44.8 Å². The fourth-order valence-corrected chi connectivity index (χ4v) is 7.16. The topological polar surface area (TPSA) is 38.9 Å². The molecule has 0 spiro atoms. The van der Waals surface area contributed by atoms with E-state index >= 15 is 0 Å². The van der Waals surface area contributed by atoms with E-state index in [9.17, 15) is 0 Å². The van der Waals surface area contributed by atoms with Gasteiger partial charge in [-0.15, -0.1) is 53.6 Å². The van der Waals surface area contributed by atoms with Crippen molar-refractivity contribution in [2.75, 3.05) is 0 Å². The van der Waals surface area contributed by atoms with E-state index in [4.69, 9.17) is 4.42 Å². The molecule has 3 aromatic heterocycles. The summed E-state index contributed by atoms with van der Waals surface area (Å²) in [6.45, 7) is 11.4. The molecule has 0 aliphatic carbocycles. The van der Waals surface area contributed by atoms with E-state index in [1.54, 1.807) is 0 Å². The first kappa shape index (κ1) is 35.9. The van der Waals surface area contributed by atoms with E-state index in [0.717, 1.165) is 55.6 Å². The molecule has 0 saturated heterocycles. The van der Waals surface area contributed by atoms with Crippen molar-refractivity contribution < 1.29 is 24.5 Å². The van der Waals surface area contributed by atoms with Crippen LogP contribution in [0.15, 0.2) is 150 Å². The van der Waals surface area contributed by atoms with Gasteiger partial charge in [0.25, 0.3) is 0 Å². The predicted molar refractivity (Wildman–Crippen MR) is 212 cm³/mol. The van der Waals surface area contributed by atoms with Crippen molar-refractivity contribution in [2.45, 2.75) is 39.4 Å². The molecule has 8 aromatic rings. The zero-order valence-electron chi connectivity index (χ0n) is 29.6. The summed E-state index contributed by atoms with van der Waals surface area (Å²) in [5.41, 5.74) is 11.5. The number of furan rings is 1. The molecule has 0 amide bonds. The number of hydrogen-bond donors (Lipinski definition) is 0. The number of hydrogen-bond acceptors (Lipinski definition) is 3. The van der Waals surface area contributed by atoms with Crippen molar-refractivity contribution >= 4 is 35.2 Å². The van der Waals surface area contributed by atoms with Gasteiger partial charge in [0.05, 0.1) is 13.7 Å². The van der Waals surface area contributed by atoms with Crippen molar-refractivity contribution in [3.63, 3.8) is 0 Å². The number of pyridine rings is 2. The van der Waals surface area contributed by atoms with E-state index in [1.165, 1.54) is 21.9 Å². The van der Waals surface area contributed by atoms with E-state index in [-0.39, 0.29) is 20.1 Å². The van der Waals surface area contributed by atoms with Gasteiger partial charge in [-0.05, 0) is 68.3 Å². The summed E-state index contributed by atoms with van der Waals surface area (Å²) in [5, 5.41) is 3.58. The standard InChI is InChI=1S/C32H24NO.C14H16NSi.Ir/c1-21(2)24-15-16-33-29(18-24)25-13-14-27-30(19-25)34-31-20-26(22-9-5-3-6-10-22)17-28(32(27)31)23-11-7-4-8-12-23;1-16(2,3)13-9-10-14(15-11-13)12-7-5-4-6-8-12;/h3-18,20-21H,1-2H3;4-7,9-11H,1-3H3;/q2*-1;. The van der Waals surface area contributed by atoms with Gasteiger partial charge in [0.15, 0.2) is 0 Å². The van der Waals surface area contributed by atoms with E-state index in [1.807, 2.05) is 48.8 Å². The molecule has 8 rings (SSSR count). The molecular formula is C46H40IrN2OSi-2. The molecule has 0 aliphatic rings. The molecule has 0 bridgehead atoms. The zero-order valence-corrected chi connectivity index (χ0v) is 33.0. The van der Waals surface area contributed by atoms with Crippen molar-refractivity contribution in [1.29, 1.82) is 0 Å². The second-order valence-electron chi connectivity index (χ2n) is 13.9. The maximum Gasteiger partial charge on any atom is 0.124 e. The third kappa shape index (κ3) is 8.02. The molecular weight excluding hydrogens is 817 g/mol. The number of nitrogens with zero attached hydrogens (tertiary/aromatic N) is 2. The second-order valence-corrected chi connectivity index (χ2v) is 19.0. The summed E-state index contributed by atoms with van der Waals surface area (Å²) >= 11 is 0. The fraction of sp³-hybridized carbons (Fsp3) is 0.130. The molecule has 3 heterocycles. The zero-order chi connectivity index (χ0) is 34.7. The first-order chi connectivity index (χ1) is 24.2. The Kier molecular flexibility index (Phi) is 10.9. The van der Waals surface area contributed by atoms with Crippen LogP contribution in [0.4, 0.5) is 0 Å². The van der Waals surface area contributed by atoms with E-state index < -0.39 is 8.07 Å². The molecule has 0 aliphatic heterocycles. The maximum absolute atomic E-state index is 6.43. The fourth-order valence-electron chi connectivity index (χ4n) is 6.13. The van der Waals surface area contributed by atoms with Gasteiger partial charge < -0.3 is 14.4 Å². The summed E-state index contributed by atoms with van der Waals surface area (Å²) < 4.78 is 6.43. The molecule has 5 aromatic carbocycles. The Balaban J connectivity index is 0.000000222. The molecule has 0 saturated carbocycles. The van der Waals surface area contributed by atoms with Gasteiger partial charge in [-0.1, -0.05) is 129 Å². The van der Waals surface area contributed by atoms with Gasteiger partial charge in [-0.3, -0.25) is 0 Å². The molecule has 5 heteroatoms. The first-order valence-electron chi connectivity index (χ1n) is 17.2. The van der Waals surface area contributed by atoms with Gasteiger partial charge in [-0.2, -0.15) is 0 Å². The van der Waals surface area contributed by atoms with Crippen LogP contribution in [0, 0.1) is 12.1 Å². The average Bonchev–Trinajstić information content (AvgIpc) is 3.53. The van der Waals surface area contributed by atoms with Gasteiger partial charge in [0.2, 0.25) is 0 Å². The first-order valence-corrected chi connectivity index (χ1v) is 20.7. The Morgan fingerprint density at radius 1 is 0.647 bits per heavy atom. The van der Waals surface area contributed by atoms with E-state index in [0.29, 0.717) is 5.92 Å². The van der Waals surface area contributed by atoms with Gasteiger partial charge >= 0.3 is 0 Å². The second kappa shape index (κ2) is 15.5. The molecule has 1 radical (unpaired) electrons.